The van der Waals surface area contributed by atoms with E-state index in [1.54, 1.807) is 0 Å². The van der Waals surface area contributed by atoms with Crippen LogP contribution in [0, 0.1) is 5.92 Å². The van der Waals surface area contributed by atoms with Crippen LogP contribution in [0.4, 0.5) is 5.82 Å². The monoisotopic (exact) mass is 248 g/mol. The molecular weight excluding hydrogens is 224 g/mol. The van der Waals surface area contributed by atoms with Crippen LogP contribution in [0.2, 0.25) is 0 Å². The molecule has 1 aliphatic heterocycles. The summed E-state index contributed by atoms with van der Waals surface area (Å²) in [6, 6.07) is 4.78. The third-order valence-corrected chi connectivity index (χ3v) is 3.49. The first kappa shape index (κ1) is 13.3. The van der Waals surface area contributed by atoms with Crippen LogP contribution in [0.3, 0.4) is 0 Å². The Labute approximate surface area is 110 Å². The number of hydrogen-bond acceptors (Lipinski definition) is 4. The predicted octanol–water partition coefficient (Wildman–Crippen LogP) is 1.99. The summed E-state index contributed by atoms with van der Waals surface area (Å²) in [5.41, 5.74) is 6.75. The third kappa shape index (κ3) is 3.19. The Kier molecular flexibility index (Phi) is 4.53. The third-order valence-electron chi connectivity index (χ3n) is 3.49. The smallest absolute Gasteiger partial charge is 0.151 e. The molecule has 100 valence electrons. The van der Waals surface area contributed by atoms with Crippen molar-refractivity contribution in [2.75, 3.05) is 18.0 Å². The molecule has 0 radical (unpaired) electrons. The summed E-state index contributed by atoms with van der Waals surface area (Å²) in [5.74, 6) is 1.64. The van der Waals surface area contributed by atoms with Crippen molar-refractivity contribution in [3.05, 3.63) is 17.8 Å². The van der Waals surface area contributed by atoms with Crippen LogP contribution in [0.5, 0.6) is 0 Å². The second-order valence-electron chi connectivity index (χ2n) is 5.55. The zero-order valence-corrected chi connectivity index (χ0v) is 11.5. The summed E-state index contributed by atoms with van der Waals surface area (Å²) in [4.78, 5) is 2.36. The van der Waals surface area contributed by atoms with Gasteiger partial charge in [-0.25, -0.2) is 0 Å². The maximum absolute atomic E-state index is 5.66. The Bertz CT molecular complexity index is 361. The van der Waals surface area contributed by atoms with Crippen LogP contribution in [0.15, 0.2) is 12.1 Å². The van der Waals surface area contributed by atoms with Crippen molar-refractivity contribution in [2.24, 2.45) is 11.7 Å². The van der Waals surface area contributed by atoms with Crippen LogP contribution in [-0.2, 0) is 6.42 Å². The van der Waals surface area contributed by atoms with E-state index in [4.69, 9.17) is 5.73 Å². The molecule has 0 amide bonds. The van der Waals surface area contributed by atoms with E-state index in [1.807, 2.05) is 0 Å². The molecule has 0 aliphatic carbocycles. The van der Waals surface area contributed by atoms with Gasteiger partial charge in [0.25, 0.3) is 0 Å². The summed E-state index contributed by atoms with van der Waals surface area (Å²) in [6.07, 6.45) is 4.52. The first-order valence-corrected chi connectivity index (χ1v) is 7.00. The highest BCUT2D eigenvalue weighted by molar-refractivity contribution is 5.40. The molecule has 1 aromatic heterocycles. The molecule has 2 N–H and O–H groups in total. The lowest BCUT2D eigenvalue weighted by atomic mass is 10.1. The van der Waals surface area contributed by atoms with E-state index in [0.717, 1.165) is 37.4 Å². The van der Waals surface area contributed by atoms with E-state index in [1.165, 1.54) is 12.8 Å². The second-order valence-corrected chi connectivity index (χ2v) is 5.55. The van der Waals surface area contributed by atoms with Gasteiger partial charge in [-0.1, -0.05) is 13.8 Å². The molecule has 1 unspecified atom stereocenters. The summed E-state index contributed by atoms with van der Waals surface area (Å²) in [5, 5.41) is 8.72. The van der Waals surface area contributed by atoms with E-state index < -0.39 is 0 Å². The fourth-order valence-electron chi connectivity index (χ4n) is 2.66. The second kappa shape index (κ2) is 6.14. The minimum atomic E-state index is 0.556. The van der Waals surface area contributed by atoms with Gasteiger partial charge < -0.3 is 10.6 Å². The largest absolute Gasteiger partial charge is 0.352 e. The van der Waals surface area contributed by atoms with E-state index >= 15 is 0 Å². The Hall–Kier alpha value is -1.16. The van der Waals surface area contributed by atoms with Crippen LogP contribution in [-0.4, -0.2) is 29.3 Å². The van der Waals surface area contributed by atoms with Crippen molar-refractivity contribution in [2.45, 2.75) is 45.6 Å². The summed E-state index contributed by atoms with van der Waals surface area (Å²) >= 11 is 0. The lowest BCUT2D eigenvalue weighted by molar-refractivity contribution is 0.605. The van der Waals surface area contributed by atoms with Crippen LogP contribution < -0.4 is 10.6 Å². The summed E-state index contributed by atoms with van der Waals surface area (Å²) in [7, 11) is 0. The summed E-state index contributed by atoms with van der Waals surface area (Å²) in [6.45, 7) is 6.24. The Balaban J connectivity index is 2.04. The molecule has 1 saturated heterocycles. The Morgan fingerprint density at radius 2 is 2.22 bits per heavy atom. The van der Waals surface area contributed by atoms with Gasteiger partial charge in [0.15, 0.2) is 5.82 Å². The number of nitrogens with two attached hydrogens (primary N) is 1. The number of rotatable bonds is 5. The molecule has 0 aromatic carbocycles. The fraction of sp³-hybridized carbons (Fsp3) is 0.714. The molecule has 0 saturated carbocycles. The van der Waals surface area contributed by atoms with Gasteiger partial charge in [-0.3, -0.25) is 0 Å². The number of aromatic nitrogens is 2. The molecule has 1 aliphatic rings. The van der Waals surface area contributed by atoms with E-state index in [2.05, 4.69) is 41.1 Å². The minimum absolute atomic E-state index is 0.556. The lowest BCUT2D eigenvalue weighted by Gasteiger charge is -2.24. The fourth-order valence-corrected chi connectivity index (χ4v) is 2.66. The zero-order chi connectivity index (χ0) is 13.0. The van der Waals surface area contributed by atoms with Crippen LogP contribution in [0.25, 0.3) is 0 Å². The van der Waals surface area contributed by atoms with Crippen molar-refractivity contribution in [3.63, 3.8) is 0 Å². The van der Waals surface area contributed by atoms with Crippen molar-refractivity contribution < 1.29 is 0 Å². The topological polar surface area (TPSA) is 55.0 Å². The number of anilines is 1. The van der Waals surface area contributed by atoms with E-state index in [0.29, 0.717) is 12.0 Å². The molecule has 0 bridgehead atoms. The molecular formula is C14H24N4. The molecule has 18 heavy (non-hydrogen) atoms. The average molecular weight is 248 g/mol. The molecule has 4 nitrogen and oxygen atoms in total. The van der Waals surface area contributed by atoms with Gasteiger partial charge >= 0.3 is 0 Å². The highest BCUT2D eigenvalue weighted by atomic mass is 15.3. The zero-order valence-electron chi connectivity index (χ0n) is 11.5. The average Bonchev–Trinajstić information content (AvgIpc) is 2.78. The quantitative estimate of drug-likeness (QED) is 0.866. The Morgan fingerprint density at radius 1 is 1.39 bits per heavy atom. The maximum atomic E-state index is 5.66. The van der Waals surface area contributed by atoms with E-state index in [-0.39, 0.29) is 0 Å². The number of hydrogen-bond donors (Lipinski definition) is 1. The van der Waals surface area contributed by atoms with Crippen molar-refractivity contribution >= 4 is 5.82 Å². The van der Waals surface area contributed by atoms with Crippen molar-refractivity contribution in [1.29, 1.82) is 0 Å². The molecule has 1 fully saturated rings. The standard InChI is InChI=1S/C14H24N4/c1-11(2)10-12-5-6-14(17-16-12)18-9-3-4-13(18)7-8-15/h5-6,11,13H,3-4,7-10,15H2,1-2H3. The highest BCUT2D eigenvalue weighted by Gasteiger charge is 2.24. The minimum Gasteiger partial charge on any atom is -0.352 e. The molecule has 2 heterocycles. The molecule has 1 atom stereocenters. The molecule has 2 rings (SSSR count). The van der Waals surface area contributed by atoms with Crippen molar-refractivity contribution in [1.82, 2.24) is 10.2 Å². The number of nitrogens with zero attached hydrogens (tertiary/aromatic N) is 3. The normalized spacial score (nSPS) is 19.8. The van der Waals surface area contributed by atoms with Crippen LogP contribution >= 0.6 is 0 Å². The first-order chi connectivity index (χ1) is 8.70. The SMILES string of the molecule is CC(C)Cc1ccc(N2CCCC2CCN)nn1. The Morgan fingerprint density at radius 3 is 2.83 bits per heavy atom. The van der Waals surface area contributed by atoms with Crippen molar-refractivity contribution in [3.8, 4) is 0 Å². The predicted molar refractivity (Wildman–Crippen MR) is 74.6 cm³/mol. The van der Waals surface area contributed by atoms with Crippen LogP contribution in [0.1, 0.15) is 38.8 Å². The molecule has 0 spiro atoms. The van der Waals surface area contributed by atoms with Gasteiger partial charge in [0.05, 0.1) is 5.69 Å². The lowest BCUT2D eigenvalue weighted by Crippen LogP contribution is -2.32. The molecule has 4 heteroatoms. The van der Waals surface area contributed by atoms with Gasteiger partial charge in [-0.2, -0.15) is 5.10 Å². The van der Waals surface area contributed by atoms with Gasteiger partial charge in [-0.05, 0) is 50.3 Å². The summed E-state index contributed by atoms with van der Waals surface area (Å²) < 4.78 is 0. The van der Waals surface area contributed by atoms with E-state index in [9.17, 15) is 0 Å². The van der Waals surface area contributed by atoms with Gasteiger partial charge in [-0.15, -0.1) is 5.10 Å². The van der Waals surface area contributed by atoms with Gasteiger partial charge in [0.2, 0.25) is 0 Å². The molecule has 1 aromatic rings. The van der Waals surface area contributed by atoms with Gasteiger partial charge in [0.1, 0.15) is 0 Å². The highest BCUT2D eigenvalue weighted by Crippen LogP contribution is 2.25. The maximum Gasteiger partial charge on any atom is 0.151 e. The van der Waals surface area contributed by atoms with Gasteiger partial charge in [0, 0.05) is 12.6 Å². The first-order valence-electron chi connectivity index (χ1n) is 7.00.